The zero-order chi connectivity index (χ0) is 19.9. The summed E-state index contributed by atoms with van der Waals surface area (Å²) < 4.78 is 5.24. The molecule has 3 rings (SSSR count). The maximum Gasteiger partial charge on any atom is 0.161 e. The molecule has 2 aromatic carbocycles. The number of ether oxygens (including phenoxy) is 1. The zero-order valence-corrected chi connectivity index (χ0v) is 16.4. The summed E-state index contributed by atoms with van der Waals surface area (Å²) >= 11 is 1.59. The van der Waals surface area contributed by atoms with Crippen molar-refractivity contribution < 1.29 is 9.84 Å². The monoisotopic (exact) mass is 394 g/mol. The van der Waals surface area contributed by atoms with Gasteiger partial charge in [0.2, 0.25) is 0 Å². The van der Waals surface area contributed by atoms with Crippen molar-refractivity contribution in [2.75, 3.05) is 18.6 Å². The highest BCUT2D eigenvalue weighted by Crippen LogP contribution is 2.34. The summed E-state index contributed by atoms with van der Waals surface area (Å²) in [6.07, 6.45) is 3.37. The van der Waals surface area contributed by atoms with E-state index in [0.717, 1.165) is 34.2 Å². The fraction of sp³-hybridized carbons (Fsp3) is 0.238. The molecule has 28 heavy (non-hydrogen) atoms. The number of hydrogen-bond donors (Lipinski definition) is 3. The number of nitrogens with zero attached hydrogens (tertiary/aromatic N) is 2. The normalized spacial score (nSPS) is 15.8. The first-order valence-electron chi connectivity index (χ1n) is 8.90. The molecule has 0 amide bonds. The number of benzene rings is 2. The molecular formula is C21H22N4O2S. The van der Waals surface area contributed by atoms with E-state index >= 15 is 0 Å². The molecule has 1 unspecified atom stereocenters. The molecule has 0 fully saturated rings. The van der Waals surface area contributed by atoms with Crippen LogP contribution >= 0.6 is 11.8 Å². The molecule has 0 saturated carbocycles. The van der Waals surface area contributed by atoms with Crippen LogP contribution in [0.25, 0.3) is 5.70 Å². The summed E-state index contributed by atoms with van der Waals surface area (Å²) in [5.74, 6) is 1.31. The first kappa shape index (κ1) is 19.6. The van der Waals surface area contributed by atoms with Crippen molar-refractivity contribution in [1.82, 2.24) is 5.32 Å². The number of nitrogens with two attached hydrogens (primary N) is 1. The van der Waals surface area contributed by atoms with Crippen LogP contribution in [0.15, 0.2) is 53.5 Å². The van der Waals surface area contributed by atoms with Crippen LogP contribution in [0.4, 0.5) is 5.69 Å². The molecular weight excluding hydrogens is 372 g/mol. The number of nitriles is 1. The van der Waals surface area contributed by atoms with Gasteiger partial charge in [-0.05, 0) is 47.9 Å². The van der Waals surface area contributed by atoms with Crippen molar-refractivity contribution in [2.24, 2.45) is 4.99 Å². The third kappa shape index (κ3) is 4.78. The molecule has 1 heterocycles. The molecule has 0 bridgehead atoms. The zero-order valence-electron chi connectivity index (χ0n) is 15.6. The third-order valence-electron chi connectivity index (χ3n) is 4.26. The van der Waals surface area contributed by atoms with E-state index in [4.69, 9.17) is 20.7 Å². The molecule has 0 aromatic heterocycles. The Bertz CT molecular complexity index is 932. The summed E-state index contributed by atoms with van der Waals surface area (Å²) in [6, 6.07) is 14.8. The number of hydrogen-bond acceptors (Lipinski definition) is 7. The Hall–Kier alpha value is -3.11. The summed E-state index contributed by atoms with van der Waals surface area (Å²) in [4.78, 5) is 4.80. The lowest BCUT2D eigenvalue weighted by atomic mass is 10.0. The molecule has 2 aromatic rings. The number of anilines is 1. The van der Waals surface area contributed by atoms with Crippen LogP contribution < -0.4 is 15.8 Å². The fourth-order valence-corrected chi connectivity index (χ4v) is 3.64. The molecule has 0 aliphatic carbocycles. The van der Waals surface area contributed by atoms with Crippen LogP contribution in [0, 0.1) is 11.3 Å². The molecule has 1 aliphatic rings. The number of aromatic hydroxyl groups is 1. The van der Waals surface area contributed by atoms with E-state index in [1.54, 1.807) is 23.9 Å². The minimum Gasteiger partial charge on any atom is -0.504 e. The lowest BCUT2D eigenvalue weighted by molar-refractivity contribution is 0.373. The van der Waals surface area contributed by atoms with Crippen molar-refractivity contribution in [3.8, 4) is 17.6 Å². The molecule has 0 spiro atoms. The van der Waals surface area contributed by atoms with E-state index in [1.165, 1.54) is 7.11 Å². The predicted molar refractivity (Wildman–Crippen MR) is 114 cm³/mol. The first-order chi connectivity index (χ1) is 13.6. The lowest BCUT2D eigenvalue weighted by Crippen LogP contribution is -2.24. The van der Waals surface area contributed by atoms with Crippen LogP contribution in [-0.2, 0) is 0 Å². The SMILES string of the molecule is COc1cc(C2C=C(c3ccc(N)cc3)NC(SCCCC#N)=N2)ccc1O. The summed E-state index contributed by atoms with van der Waals surface area (Å²) in [6.45, 7) is 0. The predicted octanol–water partition coefficient (Wildman–Crippen LogP) is 4.06. The van der Waals surface area contributed by atoms with E-state index in [0.29, 0.717) is 17.9 Å². The number of rotatable bonds is 6. The van der Waals surface area contributed by atoms with Gasteiger partial charge in [-0.1, -0.05) is 30.0 Å². The number of methoxy groups -OCH3 is 1. The average Bonchev–Trinajstić information content (AvgIpc) is 2.72. The molecule has 7 heteroatoms. The van der Waals surface area contributed by atoms with Crippen molar-refractivity contribution in [3.05, 3.63) is 59.7 Å². The minimum absolute atomic E-state index is 0.0954. The third-order valence-corrected chi connectivity index (χ3v) is 5.23. The van der Waals surface area contributed by atoms with Gasteiger partial charge in [-0.15, -0.1) is 0 Å². The van der Waals surface area contributed by atoms with Crippen LogP contribution in [-0.4, -0.2) is 23.1 Å². The molecule has 0 saturated heterocycles. The number of nitrogens with one attached hydrogen (secondary N) is 1. The van der Waals surface area contributed by atoms with Crippen molar-refractivity contribution >= 4 is 28.3 Å². The number of phenolic OH excluding ortho intramolecular Hbond substituents is 1. The Morgan fingerprint density at radius 1 is 1.29 bits per heavy atom. The molecule has 6 nitrogen and oxygen atoms in total. The number of thioether (sulfide) groups is 1. The van der Waals surface area contributed by atoms with E-state index in [-0.39, 0.29) is 11.8 Å². The van der Waals surface area contributed by atoms with Crippen LogP contribution in [0.5, 0.6) is 11.5 Å². The van der Waals surface area contributed by atoms with E-state index in [2.05, 4.69) is 11.4 Å². The van der Waals surface area contributed by atoms with Crippen molar-refractivity contribution in [2.45, 2.75) is 18.9 Å². The van der Waals surface area contributed by atoms with E-state index in [9.17, 15) is 5.11 Å². The highest BCUT2D eigenvalue weighted by atomic mass is 32.2. The van der Waals surface area contributed by atoms with Gasteiger partial charge in [-0.2, -0.15) is 5.26 Å². The Kier molecular flexibility index (Phi) is 6.45. The Morgan fingerprint density at radius 3 is 2.79 bits per heavy atom. The maximum absolute atomic E-state index is 9.88. The number of unbranched alkanes of at least 4 members (excludes halogenated alkanes) is 1. The molecule has 1 atom stereocenters. The van der Waals surface area contributed by atoms with E-state index in [1.807, 2.05) is 36.4 Å². The Morgan fingerprint density at radius 2 is 2.07 bits per heavy atom. The highest BCUT2D eigenvalue weighted by Gasteiger charge is 2.19. The topological polar surface area (TPSA) is 104 Å². The van der Waals surface area contributed by atoms with Gasteiger partial charge >= 0.3 is 0 Å². The van der Waals surface area contributed by atoms with Gasteiger partial charge in [0, 0.05) is 23.6 Å². The lowest BCUT2D eigenvalue weighted by Gasteiger charge is -2.23. The molecule has 0 radical (unpaired) electrons. The van der Waals surface area contributed by atoms with Gasteiger partial charge in [0.15, 0.2) is 16.7 Å². The molecule has 144 valence electrons. The van der Waals surface area contributed by atoms with Crippen molar-refractivity contribution in [1.29, 1.82) is 5.26 Å². The number of phenols is 1. The van der Waals surface area contributed by atoms with Crippen LogP contribution in [0.1, 0.15) is 30.0 Å². The average molecular weight is 395 g/mol. The summed E-state index contributed by atoms with van der Waals surface area (Å²) in [5, 5.41) is 22.8. The Labute approximate surface area is 168 Å². The second kappa shape index (κ2) is 9.20. The number of aliphatic imine (C=N–C) groups is 1. The van der Waals surface area contributed by atoms with Gasteiger partial charge in [0.25, 0.3) is 0 Å². The number of nitrogen functional groups attached to an aromatic ring is 1. The van der Waals surface area contributed by atoms with Crippen LogP contribution in [0.2, 0.25) is 0 Å². The van der Waals surface area contributed by atoms with Gasteiger partial charge in [0.1, 0.15) is 0 Å². The second-order valence-electron chi connectivity index (χ2n) is 6.25. The van der Waals surface area contributed by atoms with Gasteiger partial charge in [-0.3, -0.25) is 0 Å². The standard InChI is InChI=1S/C21H22N4O2S/c1-27-20-12-15(6-9-19(20)26)18-13-17(14-4-7-16(23)8-5-14)24-21(25-18)28-11-3-2-10-22/h4-9,12-13,18,26H,2-3,11,23H2,1H3,(H,24,25). The van der Waals surface area contributed by atoms with Crippen LogP contribution in [0.3, 0.4) is 0 Å². The van der Waals surface area contributed by atoms with Crippen molar-refractivity contribution in [3.63, 3.8) is 0 Å². The van der Waals surface area contributed by atoms with Gasteiger partial charge in [-0.25, -0.2) is 4.99 Å². The smallest absolute Gasteiger partial charge is 0.161 e. The van der Waals surface area contributed by atoms with E-state index < -0.39 is 0 Å². The Balaban J connectivity index is 1.91. The van der Waals surface area contributed by atoms with Gasteiger partial charge in [0.05, 0.1) is 19.2 Å². The maximum atomic E-state index is 9.88. The molecule has 1 aliphatic heterocycles. The second-order valence-corrected chi connectivity index (χ2v) is 7.33. The molecule has 4 N–H and O–H groups in total. The minimum atomic E-state index is -0.221. The fourth-order valence-electron chi connectivity index (χ4n) is 2.78. The van der Waals surface area contributed by atoms with Gasteiger partial charge < -0.3 is 20.9 Å². The quantitative estimate of drug-likeness (QED) is 0.504. The summed E-state index contributed by atoms with van der Waals surface area (Å²) in [5.41, 5.74) is 9.38. The summed E-state index contributed by atoms with van der Waals surface area (Å²) in [7, 11) is 1.52. The largest absolute Gasteiger partial charge is 0.504 e. The highest BCUT2D eigenvalue weighted by molar-refractivity contribution is 8.13. The first-order valence-corrected chi connectivity index (χ1v) is 9.88. The number of amidine groups is 1.